The largest absolute Gasteiger partial charge is 0.376 e. The van der Waals surface area contributed by atoms with Crippen LogP contribution in [0, 0.1) is 5.41 Å². The Labute approximate surface area is 90.2 Å². The van der Waals surface area contributed by atoms with E-state index in [0.29, 0.717) is 5.41 Å². The van der Waals surface area contributed by atoms with E-state index in [1.165, 1.54) is 12.8 Å². The van der Waals surface area contributed by atoms with Crippen molar-refractivity contribution in [1.82, 2.24) is 0 Å². The molecule has 0 saturated carbocycles. The van der Waals surface area contributed by atoms with Crippen molar-refractivity contribution >= 4 is 0 Å². The molecule has 86 valence electrons. The summed E-state index contributed by atoms with van der Waals surface area (Å²) in [6.07, 6.45) is 4.74. The van der Waals surface area contributed by atoms with Gasteiger partial charge in [0.05, 0.1) is 5.60 Å². The Hall–Kier alpha value is -0.0400. The van der Waals surface area contributed by atoms with Gasteiger partial charge in [-0.2, -0.15) is 0 Å². The summed E-state index contributed by atoms with van der Waals surface area (Å²) < 4.78 is 5.91. The van der Waals surface area contributed by atoms with Crippen molar-refractivity contribution < 1.29 is 4.74 Å². The molecule has 0 rings (SSSR count). The third-order valence-electron chi connectivity index (χ3n) is 3.08. The van der Waals surface area contributed by atoms with Gasteiger partial charge in [0.1, 0.15) is 0 Å². The number of hydrogen-bond acceptors (Lipinski definition) is 1. The maximum absolute atomic E-state index is 5.91. The smallest absolute Gasteiger partial charge is 0.0626 e. The van der Waals surface area contributed by atoms with Crippen LogP contribution in [-0.2, 0) is 4.74 Å². The van der Waals surface area contributed by atoms with Gasteiger partial charge in [-0.3, -0.25) is 0 Å². The molecule has 0 aromatic heterocycles. The molecule has 0 radical (unpaired) electrons. The highest BCUT2D eigenvalue weighted by molar-refractivity contribution is 4.70. The molecule has 1 nitrogen and oxygen atoms in total. The Bertz CT molecular complexity index is 147. The van der Waals surface area contributed by atoms with Crippen LogP contribution in [0.3, 0.4) is 0 Å². The molecule has 0 atom stereocenters. The van der Waals surface area contributed by atoms with Crippen molar-refractivity contribution in [2.75, 3.05) is 6.61 Å². The highest BCUT2D eigenvalue weighted by Gasteiger charge is 2.20. The number of hydrogen-bond donors (Lipinski definition) is 0. The normalized spacial score (nSPS) is 13.3. The maximum atomic E-state index is 5.91. The van der Waals surface area contributed by atoms with E-state index < -0.39 is 0 Å². The Kier molecular flexibility index (Phi) is 5.73. The zero-order chi connectivity index (χ0) is 11.2. The molecule has 0 unspecified atom stereocenters. The van der Waals surface area contributed by atoms with Crippen molar-refractivity contribution in [2.24, 2.45) is 5.41 Å². The van der Waals surface area contributed by atoms with Crippen LogP contribution in [0.1, 0.15) is 67.2 Å². The number of ether oxygens (including phenoxy) is 1. The summed E-state index contributed by atoms with van der Waals surface area (Å²) in [5, 5.41) is 0. The van der Waals surface area contributed by atoms with Crippen molar-refractivity contribution in [3.05, 3.63) is 0 Å². The van der Waals surface area contributed by atoms with Gasteiger partial charge in [0.15, 0.2) is 0 Å². The minimum atomic E-state index is 0.0680. The van der Waals surface area contributed by atoms with Crippen molar-refractivity contribution in [1.29, 1.82) is 0 Å². The second kappa shape index (κ2) is 5.75. The number of rotatable bonds is 7. The second-order valence-corrected chi connectivity index (χ2v) is 5.63. The van der Waals surface area contributed by atoms with Gasteiger partial charge in [-0.15, -0.1) is 0 Å². The van der Waals surface area contributed by atoms with Crippen molar-refractivity contribution in [2.45, 2.75) is 72.8 Å². The first-order valence-corrected chi connectivity index (χ1v) is 5.97. The lowest BCUT2D eigenvalue weighted by atomic mass is 9.87. The zero-order valence-corrected chi connectivity index (χ0v) is 10.9. The maximum Gasteiger partial charge on any atom is 0.0626 e. The minimum absolute atomic E-state index is 0.0680. The fraction of sp³-hybridized carbons (Fsp3) is 1.00. The van der Waals surface area contributed by atoms with Crippen molar-refractivity contribution in [3.8, 4) is 0 Å². The molecule has 0 aliphatic carbocycles. The lowest BCUT2D eigenvalue weighted by Crippen LogP contribution is -2.26. The molecule has 0 amide bonds. The molecule has 0 aromatic rings. The quantitative estimate of drug-likeness (QED) is 0.591. The summed E-state index contributed by atoms with van der Waals surface area (Å²) in [6, 6.07) is 0. The average Bonchev–Trinajstić information content (AvgIpc) is 2.03. The highest BCUT2D eigenvalue weighted by atomic mass is 16.5. The predicted octanol–water partition coefficient (Wildman–Crippen LogP) is 4.41. The molecular formula is C13H28O. The summed E-state index contributed by atoms with van der Waals surface area (Å²) in [5.41, 5.74) is 0.501. The predicted molar refractivity (Wildman–Crippen MR) is 63.6 cm³/mol. The molecule has 1 heteroatoms. The topological polar surface area (TPSA) is 9.23 Å². The fourth-order valence-electron chi connectivity index (χ4n) is 1.45. The van der Waals surface area contributed by atoms with Gasteiger partial charge in [-0.1, -0.05) is 40.5 Å². The SMILES string of the molecule is CCCC(C)(C)OCCC(C)(C)CC. The Morgan fingerprint density at radius 1 is 0.929 bits per heavy atom. The van der Waals surface area contributed by atoms with Crippen LogP contribution >= 0.6 is 0 Å². The Morgan fingerprint density at radius 3 is 1.93 bits per heavy atom. The minimum Gasteiger partial charge on any atom is -0.376 e. The van der Waals surface area contributed by atoms with Gasteiger partial charge in [0.2, 0.25) is 0 Å². The van der Waals surface area contributed by atoms with E-state index in [2.05, 4.69) is 41.5 Å². The van der Waals surface area contributed by atoms with E-state index in [-0.39, 0.29) is 5.60 Å². The van der Waals surface area contributed by atoms with Gasteiger partial charge in [-0.05, 0) is 32.1 Å². The second-order valence-electron chi connectivity index (χ2n) is 5.63. The highest BCUT2D eigenvalue weighted by Crippen LogP contribution is 2.26. The Morgan fingerprint density at radius 2 is 1.50 bits per heavy atom. The van der Waals surface area contributed by atoms with E-state index in [9.17, 15) is 0 Å². The van der Waals surface area contributed by atoms with Gasteiger partial charge >= 0.3 is 0 Å². The fourth-order valence-corrected chi connectivity index (χ4v) is 1.45. The van der Waals surface area contributed by atoms with E-state index in [1.54, 1.807) is 0 Å². The summed E-state index contributed by atoms with van der Waals surface area (Å²) in [6.45, 7) is 14.4. The van der Waals surface area contributed by atoms with Crippen LogP contribution in [0.5, 0.6) is 0 Å². The van der Waals surface area contributed by atoms with Crippen LogP contribution in [0.2, 0.25) is 0 Å². The first-order valence-electron chi connectivity index (χ1n) is 5.97. The summed E-state index contributed by atoms with van der Waals surface area (Å²) >= 11 is 0. The van der Waals surface area contributed by atoms with Gasteiger partial charge in [0.25, 0.3) is 0 Å². The van der Waals surface area contributed by atoms with Gasteiger partial charge in [0, 0.05) is 6.61 Å². The third-order valence-corrected chi connectivity index (χ3v) is 3.08. The standard InChI is InChI=1S/C13H28O/c1-7-9-13(5,6)14-11-10-12(3,4)8-2/h7-11H2,1-6H3. The molecule has 0 heterocycles. The molecule has 0 N–H and O–H groups in total. The van der Waals surface area contributed by atoms with Crippen LogP contribution < -0.4 is 0 Å². The van der Waals surface area contributed by atoms with E-state index in [1.807, 2.05) is 0 Å². The molecule has 0 aliphatic heterocycles. The first-order chi connectivity index (χ1) is 6.33. The molecule has 0 aromatic carbocycles. The van der Waals surface area contributed by atoms with E-state index in [4.69, 9.17) is 4.74 Å². The monoisotopic (exact) mass is 200 g/mol. The van der Waals surface area contributed by atoms with E-state index >= 15 is 0 Å². The van der Waals surface area contributed by atoms with Crippen LogP contribution in [0.15, 0.2) is 0 Å². The molecule has 0 bridgehead atoms. The summed E-state index contributed by atoms with van der Waals surface area (Å²) in [4.78, 5) is 0. The molecule has 14 heavy (non-hydrogen) atoms. The summed E-state index contributed by atoms with van der Waals surface area (Å²) in [5.74, 6) is 0. The van der Waals surface area contributed by atoms with E-state index in [0.717, 1.165) is 19.4 Å². The van der Waals surface area contributed by atoms with Gasteiger partial charge in [-0.25, -0.2) is 0 Å². The Balaban J connectivity index is 3.73. The molecule has 0 aliphatic rings. The van der Waals surface area contributed by atoms with Crippen LogP contribution in [0.25, 0.3) is 0 Å². The van der Waals surface area contributed by atoms with Crippen LogP contribution in [-0.4, -0.2) is 12.2 Å². The first kappa shape index (κ1) is 14.0. The van der Waals surface area contributed by atoms with Gasteiger partial charge < -0.3 is 4.74 Å². The zero-order valence-electron chi connectivity index (χ0n) is 10.9. The lowest BCUT2D eigenvalue weighted by molar-refractivity contribution is -0.0348. The third kappa shape index (κ3) is 6.42. The van der Waals surface area contributed by atoms with Crippen LogP contribution in [0.4, 0.5) is 0 Å². The summed E-state index contributed by atoms with van der Waals surface area (Å²) in [7, 11) is 0. The lowest BCUT2D eigenvalue weighted by Gasteiger charge is -2.28. The molecule has 0 fully saturated rings. The molecule has 0 saturated heterocycles. The van der Waals surface area contributed by atoms with Crippen molar-refractivity contribution in [3.63, 3.8) is 0 Å². The molecular weight excluding hydrogens is 172 g/mol. The molecule has 0 spiro atoms. The average molecular weight is 200 g/mol.